The maximum Gasteiger partial charge on any atom is 0.263 e. The lowest BCUT2D eigenvalue weighted by Gasteiger charge is -2.10. The first-order valence-corrected chi connectivity index (χ1v) is 7.56. The smallest absolute Gasteiger partial charge is 0.263 e. The average molecular weight is 359 g/mol. The zero-order valence-electron chi connectivity index (χ0n) is 10.9. The summed E-state index contributed by atoms with van der Waals surface area (Å²) in [4.78, 5) is 12.5. The number of methoxy groups -OCH3 is 1. The molecule has 2 rings (SSSR count). The molecule has 2 aromatic rings. The number of benzene rings is 1. The van der Waals surface area contributed by atoms with Gasteiger partial charge in [0, 0.05) is 28.2 Å². The lowest BCUT2D eigenvalue weighted by molar-refractivity contribution is 0.0611. The Labute approximate surface area is 128 Å². The number of thiophene rings is 1. The van der Waals surface area contributed by atoms with Crippen molar-refractivity contribution < 1.29 is 14.6 Å². The lowest BCUT2D eigenvalue weighted by atomic mass is 10.2. The van der Waals surface area contributed by atoms with Crippen molar-refractivity contribution in [3.8, 4) is 0 Å². The van der Waals surface area contributed by atoms with Crippen molar-refractivity contribution in [3.63, 3.8) is 0 Å². The van der Waals surface area contributed by atoms with Gasteiger partial charge < -0.3 is 20.9 Å². The predicted molar refractivity (Wildman–Crippen MR) is 84.2 cm³/mol. The Hall–Kier alpha value is -1.15. The van der Waals surface area contributed by atoms with E-state index in [4.69, 9.17) is 10.5 Å². The maximum absolute atomic E-state index is 12.1. The molecule has 0 aliphatic heterocycles. The Kier molecular flexibility index (Phi) is 4.98. The molecule has 7 heteroatoms. The number of fused-ring (bicyclic) bond motifs is 1. The Morgan fingerprint density at radius 2 is 2.35 bits per heavy atom. The van der Waals surface area contributed by atoms with E-state index in [2.05, 4.69) is 21.2 Å². The fraction of sp³-hybridized carbons (Fsp3) is 0.308. The molecule has 108 valence electrons. The quantitative estimate of drug-likeness (QED) is 0.762. The van der Waals surface area contributed by atoms with Crippen LogP contribution in [0.1, 0.15) is 9.67 Å². The molecule has 5 nitrogen and oxygen atoms in total. The van der Waals surface area contributed by atoms with Crippen LogP contribution in [0.4, 0.5) is 5.69 Å². The normalized spacial score (nSPS) is 12.6. The highest BCUT2D eigenvalue weighted by atomic mass is 79.9. The molecule has 0 aliphatic rings. The number of hydrogen-bond donors (Lipinski definition) is 3. The highest BCUT2D eigenvalue weighted by Crippen LogP contribution is 2.35. The molecule has 0 radical (unpaired) electrons. The molecule has 0 saturated carbocycles. The highest BCUT2D eigenvalue weighted by molar-refractivity contribution is 9.10. The zero-order valence-corrected chi connectivity index (χ0v) is 13.3. The second-order valence-electron chi connectivity index (χ2n) is 4.30. The largest absolute Gasteiger partial charge is 0.397 e. The molecular weight excluding hydrogens is 344 g/mol. The standard InChI is InChI=1S/C13H15BrN2O3S/c1-19-6-8(17)5-16-13(18)12-11(15)9-3-2-7(14)4-10(9)20-12/h2-4,8,17H,5-6,15H2,1H3,(H,16,18). The second kappa shape index (κ2) is 6.53. The Balaban J connectivity index is 2.16. The monoisotopic (exact) mass is 358 g/mol. The van der Waals surface area contributed by atoms with E-state index in [1.807, 2.05) is 18.2 Å². The van der Waals surface area contributed by atoms with Crippen LogP contribution in [0.5, 0.6) is 0 Å². The van der Waals surface area contributed by atoms with Crippen LogP contribution in [0.3, 0.4) is 0 Å². The number of nitrogens with two attached hydrogens (primary N) is 1. The van der Waals surface area contributed by atoms with Crippen molar-refractivity contribution in [1.82, 2.24) is 5.32 Å². The number of anilines is 1. The minimum absolute atomic E-state index is 0.129. The SMILES string of the molecule is COCC(O)CNC(=O)c1sc2cc(Br)ccc2c1N. The van der Waals surface area contributed by atoms with E-state index in [0.29, 0.717) is 10.6 Å². The third-order valence-electron chi connectivity index (χ3n) is 2.75. The topological polar surface area (TPSA) is 84.6 Å². The molecule has 1 amide bonds. The molecule has 0 spiro atoms. The number of carbonyl (C=O) groups is 1. The molecule has 1 aromatic heterocycles. The van der Waals surface area contributed by atoms with Gasteiger partial charge in [0.15, 0.2) is 0 Å². The van der Waals surface area contributed by atoms with Gasteiger partial charge in [-0.05, 0) is 12.1 Å². The van der Waals surface area contributed by atoms with Crippen molar-refractivity contribution in [1.29, 1.82) is 0 Å². The average Bonchev–Trinajstić information content (AvgIpc) is 2.73. The fourth-order valence-corrected chi connectivity index (χ4v) is 3.39. The van der Waals surface area contributed by atoms with E-state index in [1.165, 1.54) is 18.4 Å². The third kappa shape index (κ3) is 3.29. The van der Waals surface area contributed by atoms with Crippen LogP contribution in [0, 0.1) is 0 Å². The number of nitrogens with one attached hydrogen (secondary N) is 1. The van der Waals surface area contributed by atoms with Gasteiger partial charge in [-0.15, -0.1) is 11.3 Å². The summed E-state index contributed by atoms with van der Waals surface area (Å²) in [5.41, 5.74) is 6.47. The molecule has 0 aliphatic carbocycles. The summed E-state index contributed by atoms with van der Waals surface area (Å²) in [6, 6.07) is 5.68. The van der Waals surface area contributed by atoms with Gasteiger partial charge in [0.1, 0.15) is 4.88 Å². The van der Waals surface area contributed by atoms with Gasteiger partial charge in [0.05, 0.1) is 18.4 Å². The Bertz CT molecular complexity index is 629. The van der Waals surface area contributed by atoms with Crippen molar-refractivity contribution in [3.05, 3.63) is 27.5 Å². The molecule has 1 heterocycles. The molecule has 1 aromatic carbocycles. The summed E-state index contributed by atoms with van der Waals surface area (Å²) in [7, 11) is 1.49. The van der Waals surface area contributed by atoms with Crippen LogP contribution >= 0.6 is 27.3 Å². The Morgan fingerprint density at radius 3 is 3.05 bits per heavy atom. The molecule has 1 atom stereocenters. The van der Waals surface area contributed by atoms with Gasteiger partial charge >= 0.3 is 0 Å². The van der Waals surface area contributed by atoms with Crippen LogP contribution in [-0.2, 0) is 4.74 Å². The van der Waals surface area contributed by atoms with Gasteiger partial charge in [-0.2, -0.15) is 0 Å². The van der Waals surface area contributed by atoms with Gasteiger partial charge in [0.25, 0.3) is 5.91 Å². The van der Waals surface area contributed by atoms with Gasteiger partial charge in [-0.1, -0.05) is 22.0 Å². The number of halogens is 1. The summed E-state index contributed by atoms with van der Waals surface area (Å²) >= 11 is 4.72. The molecule has 4 N–H and O–H groups in total. The van der Waals surface area contributed by atoms with Gasteiger partial charge in [0.2, 0.25) is 0 Å². The van der Waals surface area contributed by atoms with Crippen molar-refractivity contribution in [2.45, 2.75) is 6.10 Å². The number of amides is 1. The van der Waals surface area contributed by atoms with E-state index in [1.54, 1.807) is 0 Å². The summed E-state index contributed by atoms with van der Waals surface area (Å²) in [5.74, 6) is -0.282. The number of ether oxygens (including phenoxy) is 1. The minimum Gasteiger partial charge on any atom is -0.397 e. The number of nitrogen functional groups attached to an aromatic ring is 1. The first-order chi connectivity index (χ1) is 9.52. The molecule has 0 fully saturated rings. The Morgan fingerprint density at radius 1 is 1.60 bits per heavy atom. The maximum atomic E-state index is 12.1. The number of hydrogen-bond acceptors (Lipinski definition) is 5. The molecule has 20 heavy (non-hydrogen) atoms. The second-order valence-corrected chi connectivity index (χ2v) is 6.27. The van der Waals surface area contributed by atoms with Crippen LogP contribution in [0.25, 0.3) is 10.1 Å². The van der Waals surface area contributed by atoms with Gasteiger partial charge in [-0.3, -0.25) is 4.79 Å². The van der Waals surface area contributed by atoms with E-state index >= 15 is 0 Å². The number of aliphatic hydroxyl groups excluding tert-OH is 1. The van der Waals surface area contributed by atoms with Crippen molar-refractivity contribution >= 4 is 48.9 Å². The van der Waals surface area contributed by atoms with E-state index in [9.17, 15) is 9.90 Å². The molecule has 0 saturated heterocycles. The van der Waals surface area contributed by atoms with Crippen LogP contribution in [0.2, 0.25) is 0 Å². The number of aliphatic hydroxyl groups is 1. The number of rotatable bonds is 5. The van der Waals surface area contributed by atoms with Crippen LogP contribution in [0.15, 0.2) is 22.7 Å². The summed E-state index contributed by atoms with van der Waals surface area (Å²) in [6.45, 7) is 0.305. The minimum atomic E-state index is -0.728. The summed E-state index contributed by atoms with van der Waals surface area (Å²) in [5, 5.41) is 13.0. The van der Waals surface area contributed by atoms with Crippen LogP contribution in [-0.4, -0.2) is 37.4 Å². The predicted octanol–water partition coefficient (Wildman–Crippen LogP) is 1.98. The number of carbonyl (C=O) groups excluding carboxylic acids is 1. The van der Waals surface area contributed by atoms with E-state index < -0.39 is 6.10 Å². The fourth-order valence-electron chi connectivity index (χ4n) is 1.80. The first-order valence-electron chi connectivity index (χ1n) is 5.95. The third-order valence-corrected chi connectivity index (χ3v) is 4.41. The van der Waals surface area contributed by atoms with Crippen LogP contribution < -0.4 is 11.1 Å². The van der Waals surface area contributed by atoms with E-state index in [-0.39, 0.29) is 19.1 Å². The molecular formula is C13H15BrN2O3S. The summed E-state index contributed by atoms with van der Waals surface area (Å²) in [6.07, 6.45) is -0.728. The van der Waals surface area contributed by atoms with Gasteiger partial charge in [-0.25, -0.2) is 0 Å². The summed E-state index contributed by atoms with van der Waals surface area (Å²) < 4.78 is 6.68. The van der Waals surface area contributed by atoms with Crippen molar-refractivity contribution in [2.75, 3.05) is 26.0 Å². The zero-order chi connectivity index (χ0) is 14.7. The highest BCUT2D eigenvalue weighted by Gasteiger charge is 2.17. The van der Waals surface area contributed by atoms with Crippen molar-refractivity contribution in [2.24, 2.45) is 0 Å². The first kappa shape index (κ1) is 15.2. The molecule has 0 bridgehead atoms. The lowest BCUT2D eigenvalue weighted by Crippen LogP contribution is -2.34. The van der Waals surface area contributed by atoms with E-state index in [0.717, 1.165) is 14.6 Å². The molecule has 1 unspecified atom stereocenters.